The van der Waals surface area contributed by atoms with Gasteiger partial charge in [0.2, 0.25) is 0 Å². The summed E-state index contributed by atoms with van der Waals surface area (Å²) in [6, 6.07) is 21.2. The molecule has 0 saturated heterocycles. The lowest BCUT2D eigenvalue weighted by Gasteiger charge is -2.16. The van der Waals surface area contributed by atoms with Crippen LogP contribution in [0.3, 0.4) is 0 Å². The van der Waals surface area contributed by atoms with Crippen molar-refractivity contribution < 1.29 is 19.4 Å². The molecular weight excluding hydrogens is 444 g/mol. The Labute approximate surface area is 198 Å². The SMILES string of the molecule is Cc1cc(SC(C)CCOc2ccc(Cl)cc2Oc2ccccc2)ccc1CCC(=O)O. The molecule has 32 heavy (non-hydrogen) atoms. The first-order valence-electron chi connectivity index (χ1n) is 10.5. The number of carbonyl (C=O) groups is 1. The highest BCUT2D eigenvalue weighted by molar-refractivity contribution is 7.99. The van der Waals surface area contributed by atoms with E-state index < -0.39 is 5.97 Å². The lowest BCUT2D eigenvalue weighted by Crippen LogP contribution is -2.06. The van der Waals surface area contributed by atoms with Crippen LogP contribution in [0.15, 0.2) is 71.6 Å². The molecule has 0 aliphatic carbocycles. The standard InChI is InChI=1S/C26H27ClO4S/c1-18-16-23(11-8-20(18)9-13-26(28)29)32-19(2)14-15-30-24-12-10-21(27)17-25(24)31-22-6-4-3-5-7-22/h3-8,10-12,16-17,19H,9,13-15H2,1-2H3,(H,28,29). The molecule has 168 valence electrons. The van der Waals surface area contributed by atoms with Gasteiger partial charge in [0, 0.05) is 27.7 Å². The van der Waals surface area contributed by atoms with Crippen LogP contribution in [-0.4, -0.2) is 22.9 Å². The van der Waals surface area contributed by atoms with Crippen LogP contribution in [0.4, 0.5) is 0 Å². The molecule has 0 bridgehead atoms. The number of para-hydroxylation sites is 1. The molecule has 0 radical (unpaired) electrons. The van der Waals surface area contributed by atoms with E-state index in [1.807, 2.05) is 49.4 Å². The third-order valence-corrected chi connectivity index (χ3v) is 6.32. The Hall–Kier alpha value is -2.63. The first-order chi connectivity index (χ1) is 15.4. The Bertz CT molecular complexity index is 1040. The monoisotopic (exact) mass is 470 g/mol. The summed E-state index contributed by atoms with van der Waals surface area (Å²) in [6.07, 6.45) is 1.57. The van der Waals surface area contributed by atoms with E-state index in [0.717, 1.165) is 23.3 Å². The molecular formula is C26H27ClO4S. The lowest BCUT2D eigenvalue weighted by molar-refractivity contribution is -0.136. The molecule has 1 N–H and O–H groups in total. The number of rotatable bonds is 11. The van der Waals surface area contributed by atoms with Crippen LogP contribution in [0, 0.1) is 6.92 Å². The summed E-state index contributed by atoms with van der Waals surface area (Å²) in [4.78, 5) is 12.0. The second kappa shape index (κ2) is 11.8. The van der Waals surface area contributed by atoms with Crippen molar-refractivity contribution in [2.75, 3.05) is 6.61 Å². The minimum Gasteiger partial charge on any atom is -0.490 e. The summed E-state index contributed by atoms with van der Waals surface area (Å²) < 4.78 is 12.0. The fourth-order valence-corrected chi connectivity index (χ4v) is 4.42. The third-order valence-electron chi connectivity index (χ3n) is 4.92. The molecule has 3 aromatic rings. The molecule has 3 rings (SSSR count). The zero-order valence-corrected chi connectivity index (χ0v) is 19.8. The van der Waals surface area contributed by atoms with Crippen molar-refractivity contribution in [3.05, 3.63) is 82.9 Å². The van der Waals surface area contributed by atoms with Gasteiger partial charge in [-0.1, -0.05) is 42.8 Å². The summed E-state index contributed by atoms with van der Waals surface area (Å²) in [5.41, 5.74) is 2.21. The zero-order valence-electron chi connectivity index (χ0n) is 18.2. The molecule has 0 aliphatic heterocycles. The molecule has 6 heteroatoms. The Kier molecular flexibility index (Phi) is 8.89. The highest BCUT2D eigenvalue weighted by Crippen LogP contribution is 2.34. The van der Waals surface area contributed by atoms with Gasteiger partial charge in [-0.05, 0) is 67.3 Å². The van der Waals surface area contributed by atoms with Crippen LogP contribution in [0.2, 0.25) is 5.02 Å². The van der Waals surface area contributed by atoms with Gasteiger partial charge in [0.25, 0.3) is 0 Å². The highest BCUT2D eigenvalue weighted by atomic mass is 35.5. The molecule has 0 heterocycles. The van der Waals surface area contributed by atoms with E-state index in [0.29, 0.717) is 34.8 Å². The summed E-state index contributed by atoms with van der Waals surface area (Å²) in [5.74, 6) is 1.21. The molecule has 1 atom stereocenters. The second-order valence-corrected chi connectivity index (χ2v) is 9.50. The molecule has 0 amide bonds. The van der Waals surface area contributed by atoms with Crippen LogP contribution in [0.5, 0.6) is 17.2 Å². The smallest absolute Gasteiger partial charge is 0.303 e. The number of carboxylic acid groups (broad SMARTS) is 1. The van der Waals surface area contributed by atoms with Crippen molar-refractivity contribution in [2.24, 2.45) is 0 Å². The summed E-state index contributed by atoms with van der Waals surface area (Å²) in [6.45, 7) is 4.76. The van der Waals surface area contributed by atoms with Crippen LogP contribution < -0.4 is 9.47 Å². The van der Waals surface area contributed by atoms with E-state index >= 15 is 0 Å². The number of aryl methyl sites for hydroxylation is 2. The van der Waals surface area contributed by atoms with Crippen molar-refractivity contribution in [2.45, 2.75) is 43.3 Å². The van der Waals surface area contributed by atoms with Gasteiger partial charge in [-0.15, -0.1) is 11.8 Å². The topological polar surface area (TPSA) is 55.8 Å². The van der Waals surface area contributed by atoms with Gasteiger partial charge in [0.1, 0.15) is 5.75 Å². The average molecular weight is 471 g/mol. The van der Waals surface area contributed by atoms with Gasteiger partial charge in [0.15, 0.2) is 11.5 Å². The number of aliphatic carboxylic acids is 1. The van der Waals surface area contributed by atoms with Crippen molar-refractivity contribution in [1.82, 2.24) is 0 Å². The second-order valence-electron chi connectivity index (χ2n) is 7.55. The number of hydrogen-bond acceptors (Lipinski definition) is 4. The van der Waals surface area contributed by atoms with E-state index in [9.17, 15) is 4.79 Å². The van der Waals surface area contributed by atoms with Gasteiger partial charge in [0.05, 0.1) is 6.61 Å². The summed E-state index contributed by atoms with van der Waals surface area (Å²) in [5, 5.41) is 9.82. The predicted octanol–water partition coefficient (Wildman–Crippen LogP) is 7.41. The average Bonchev–Trinajstić information content (AvgIpc) is 2.75. The van der Waals surface area contributed by atoms with Crippen LogP contribution in [-0.2, 0) is 11.2 Å². The van der Waals surface area contributed by atoms with Crippen molar-refractivity contribution in [3.63, 3.8) is 0 Å². The number of benzene rings is 3. The molecule has 1 unspecified atom stereocenters. The van der Waals surface area contributed by atoms with E-state index in [1.54, 1.807) is 23.9 Å². The number of thioether (sulfide) groups is 1. The Morgan fingerprint density at radius 1 is 1.06 bits per heavy atom. The fraction of sp³-hybridized carbons (Fsp3) is 0.269. The zero-order chi connectivity index (χ0) is 22.9. The maximum atomic E-state index is 10.8. The van der Waals surface area contributed by atoms with Gasteiger partial charge in [-0.25, -0.2) is 0 Å². The van der Waals surface area contributed by atoms with E-state index in [4.69, 9.17) is 26.2 Å². The number of hydrogen-bond donors (Lipinski definition) is 1. The molecule has 0 saturated carbocycles. The highest BCUT2D eigenvalue weighted by Gasteiger charge is 2.11. The number of ether oxygens (including phenoxy) is 2. The Balaban J connectivity index is 1.53. The van der Waals surface area contributed by atoms with Crippen molar-refractivity contribution >= 4 is 29.3 Å². The molecule has 0 spiro atoms. The molecule has 4 nitrogen and oxygen atoms in total. The van der Waals surface area contributed by atoms with Crippen LogP contribution in [0.25, 0.3) is 0 Å². The number of halogens is 1. The maximum absolute atomic E-state index is 10.8. The largest absolute Gasteiger partial charge is 0.490 e. The molecule has 0 aliphatic rings. The van der Waals surface area contributed by atoms with Gasteiger partial charge >= 0.3 is 5.97 Å². The normalized spacial score (nSPS) is 11.7. The van der Waals surface area contributed by atoms with Crippen LogP contribution in [0.1, 0.15) is 30.9 Å². The summed E-state index contributed by atoms with van der Waals surface area (Å²) in [7, 11) is 0. The molecule has 0 fully saturated rings. The fourth-order valence-electron chi connectivity index (χ4n) is 3.19. The van der Waals surface area contributed by atoms with Gasteiger partial charge in [-0.3, -0.25) is 4.79 Å². The van der Waals surface area contributed by atoms with E-state index in [2.05, 4.69) is 19.1 Å². The quantitative estimate of drug-likeness (QED) is 0.296. The van der Waals surface area contributed by atoms with Gasteiger partial charge < -0.3 is 14.6 Å². The van der Waals surface area contributed by atoms with E-state index in [-0.39, 0.29) is 6.42 Å². The molecule has 0 aromatic heterocycles. The lowest BCUT2D eigenvalue weighted by atomic mass is 10.0. The first kappa shape index (κ1) is 24.0. The first-order valence-corrected chi connectivity index (χ1v) is 11.8. The minimum atomic E-state index is -0.769. The third kappa shape index (κ3) is 7.50. The van der Waals surface area contributed by atoms with Crippen molar-refractivity contribution in [1.29, 1.82) is 0 Å². The van der Waals surface area contributed by atoms with Crippen molar-refractivity contribution in [3.8, 4) is 17.2 Å². The van der Waals surface area contributed by atoms with Crippen LogP contribution >= 0.6 is 23.4 Å². The maximum Gasteiger partial charge on any atom is 0.303 e. The predicted molar refractivity (Wildman–Crippen MR) is 131 cm³/mol. The minimum absolute atomic E-state index is 0.155. The Morgan fingerprint density at radius 3 is 2.56 bits per heavy atom. The summed E-state index contributed by atoms with van der Waals surface area (Å²) >= 11 is 7.94. The van der Waals surface area contributed by atoms with E-state index in [1.165, 1.54) is 4.90 Å². The molecule has 3 aromatic carbocycles. The number of carboxylic acids is 1. The Morgan fingerprint density at radius 2 is 1.84 bits per heavy atom. The van der Waals surface area contributed by atoms with Gasteiger partial charge in [-0.2, -0.15) is 0 Å².